The second-order valence-corrected chi connectivity index (χ2v) is 3.98. The van der Waals surface area contributed by atoms with Crippen molar-refractivity contribution in [2.45, 2.75) is 12.8 Å². The molecule has 0 unspecified atom stereocenters. The van der Waals surface area contributed by atoms with Gasteiger partial charge in [-0.15, -0.1) is 11.3 Å². The van der Waals surface area contributed by atoms with Gasteiger partial charge in [-0.3, -0.25) is 14.6 Å². The summed E-state index contributed by atoms with van der Waals surface area (Å²) in [5.74, 6) is -0.948. The van der Waals surface area contributed by atoms with E-state index in [0.717, 1.165) is 0 Å². The van der Waals surface area contributed by atoms with Crippen LogP contribution in [0.5, 0.6) is 0 Å². The molecule has 0 spiro atoms. The molecule has 0 saturated carbocycles. The number of nitrogens with zero attached hydrogens (tertiary/aromatic N) is 2. The lowest BCUT2D eigenvalue weighted by Crippen LogP contribution is -2.27. The molecule has 1 aromatic heterocycles. The molecule has 1 aromatic rings. The number of amides is 1. The second-order valence-electron chi connectivity index (χ2n) is 3.09. The first-order valence-corrected chi connectivity index (χ1v) is 5.35. The molecule has 0 aliphatic heterocycles. The third kappa shape index (κ3) is 3.67. The Hall–Kier alpha value is -1.43. The summed E-state index contributed by atoms with van der Waals surface area (Å²) in [5.41, 5.74) is 1.60. The molecule has 0 saturated heterocycles. The van der Waals surface area contributed by atoms with Crippen molar-refractivity contribution in [3.8, 4) is 0 Å². The van der Waals surface area contributed by atoms with Crippen molar-refractivity contribution in [1.29, 1.82) is 0 Å². The average molecular weight is 228 g/mol. The number of thiazole rings is 1. The molecule has 1 rings (SSSR count). The Morgan fingerprint density at radius 1 is 1.60 bits per heavy atom. The molecular weight excluding hydrogens is 216 g/mol. The van der Waals surface area contributed by atoms with Crippen LogP contribution >= 0.6 is 11.3 Å². The van der Waals surface area contributed by atoms with E-state index in [1.807, 2.05) is 0 Å². The number of aliphatic carboxylic acids is 1. The molecule has 1 N–H and O–H groups in total. The van der Waals surface area contributed by atoms with Gasteiger partial charge in [0.05, 0.1) is 11.7 Å². The Morgan fingerprint density at radius 2 is 2.33 bits per heavy atom. The first kappa shape index (κ1) is 11.6. The number of carbonyl (C=O) groups is 2. The van der Waals surface area contributed by atoms with Gasteiger partial charge in [0.2, 0.25) is 0 Å². The van der Waals surface area contributed by atoms with Crippen LogP contribution in [0.4, 0.5) is 0 Å². The monoisotopic (exact) mass is 228 g/mol. The van der Waals surface area contributed by atoms with Gasteiger partial charge < -0.3 is 10.0 Å². The third-order valence-corrected chi connectivity index (χ3v) is 2.64. The van der Waals surface area contributed by atoms with Gasteiger partial charge in [0.25, 0.3) is 5.91 Å². The van der Waals surface area contributed by atoms with Gasteiger partial charge in [0.1, 0.15) is 4.88 Å². The van der Waals surface area contributed by atoms with Crippen LogP contribution in [0.2, 0.25) is 0 Å². The summed E-state index contributed by atoms with van der Waals surface area (Å²) in [7, 11) is 1.66. The van der Waals surface area contributed by atoms with Crippen molar-refractivity contribution in [1.82, 2.24) is 9.88 Å². The van der Waals surface area contributed by atoms with Crippen molar-refractivity contribution in [2.75, 3.05) is 13.6 Å². The van der Waals surface area contributed by atoms with Gasteiger partial charge >= 0.3 is 5.97 Å². The van der Waals surface area contributed by atoms with Crippen molar-refractivity contribution in [2.24, 2.45) is 0 Å². The lowest BCUT2D eigenvalue weighted by Gasteiger charge is -2.14. The summed E-state index contributed by atoms with van der Waals surface area (Å²) in [5, 5.41) is 8.44. The molecule has 15 heavy (non-hydrogen) atoms. The molecular formula is C9H12N2O3S. The molecule has 0 aromatic carbocycles. The average Bonchev–Trinajstić information content (AvgIpc) is 2.68. The number of hydrogen-bond donors (Lipinski definition) is 1. The molecule has 1 amide bonds. The van der Waals surface area contributed by atoms with E-state index in [1.54, 1.807) is 12.6 Å². The number of aromatic nitrogens is 1. The number of carboxylic acids is 1. The Balaban J connectivity index is 2.37. The van der Waals surface area contributed by atoms with Gasteiger partial charge in [-0.1, -0.05) is 0 Å². The standard InChI is InChI=1S/C9H12N2O3S/c1-11(4-2-3-8(12)13)9(14)7-5-10-6-15-7/h5-6H,2-4H2,1H3,(H,12,13). The quantitative estimate of drug-likeness (QED) is 0.818. The van der Waals surface area contributed by atoms with Crippen LogP contribution in [-0.2, 0) is 4.79 Å². The van der Waals surface area contributed by atoms with Crippen molar-refractivity contribution in [3.05, 3.63) is 16.6 Å². The van der Waals surface area contributed by atoms with Crippen LogP contribution in [-0.4, -0.2) is 40.5 Å². The lowest BCUT2D eigenvalue weighted by molar-refractivity contribution is -0.137. The molecule has 0 radical (unpaired) electrons. The third-order valence-electron chi connectivity index (χ3n) is 1.87. The van der Waals surface area contributed by atoms with E-state index in [9.17, 15) is 9.59 Å². The Kier molecular flexibility index (Phi) is 4.23. The van der Waals surface area contributed by atoms with E-state index in [1.165, 1.54) is 22.4 Å². The van der Waals surface area contributed by atoms with Gasteiger partial charge in [-0.25, -0.2) is 0 Å². The Labute approximate surface area is 91.4 Å². The summed E-state index contributed by atoms with van der Waals surface area (Å²) in [6.45, 7) is 0.447. The highest BCUT2D eigenvalue weighted by atomic mass is 32.1. The minimum Gasteiger partial charge on any atom is -0.481 e. The zero-order chi connectivity index (χ0) is 11.3. The smallest absolute Gasteiger partial charge is 0.303 e. The fourth-order valence-corrected chi connectivity index (χ4v) is 1.69. The molecule has 0 atom stereocenters. The van der Waals surface area contributed by atoms with Gasteiger partial charge in [0.15, 0.2) is 0 Å². The highest BCUT2D eigenvalue weighted by molar-refractivity contribution is 7.11. The number of hydrogen-bond acceptors (Lipinski definition) is 4. The van der Waals surface area contributed by atoms with Crippen molar-refractivity contribution in [3.63, 3.8) is 0 Å². The zero-order valence-electron chi connectivity index (χ0n) is 8.34. The van der Waals surface area contributed by atoms with Crippen molar-refractivity contribution >= 4 is 23.2 Å². The summed E-state index contributed by atoms with van der Waals surface area (Å²) < 4.78 is 0. The van der Waals surface area contributed by atoms with Crippen LogP contribution in [0.3, 0.4) is 0 Å². The van der Waals surface area contributed by atoms with E-state index < -0.39 is 5.97 Å². The zero-order valence-corrected chi connectivity index (χ0v) is 9.16. The first-order chi connectivity index (χ1) is 7.11. The molecule has 1 heterocycles. The van der Waals surface area contributed by atoms with E-state index in [4.69, 9.17) is 5.11 Å². The maximum Gasteiger partial charge on any atom is 0.303 e. The van der Waals surface area contributed by atoms with Crippen LogP contribution < -0.4 is 0 Å². The number of rotatable bonds is 5. The summed E-state index contributed by atoms with van der Waals surface area (Å²) in [6, 6.07) is 0. The summed E-state index contributed by atoms with van der Waals surface area (Å²) >= 11 is 1.28. The number of carboxylic acid groups (broad SMARTS) is 1. The van der Waals surface area contributed by atoms with Crippen LogP contribution in [0.1, 0.15) is 22.5 Å². The minimum atomic E-state index is -0.839. The van der Waals surface area contributed by atoms with E-state index in [2.05, 4.69) is 4.98 Å². The first-order valence-electron chi connectivity index (χ1n) is 4.47. The predicted molar refractivity (Wildman–Crippen MR) is 55.9 cm³/mol. The second kappa shape index (κ2) is 5.45. The van der Waals surface area contributed by atoms with Gasteiger partial charge in [-0.05, 0) is 6.42 Å². The maximum atomic E-state index is 11.6. The molecule has 6 heteroatoms. The fraction of sp³-hybridized carbons (Fsp3) is 0.444. The Bertz CT molecular complexity index is 337. The molecule has 5 nitrogen and oxygen atoms in total. The van der Waals surface area contributed by atoms with E-state index in [0.29, 0.717) is 17.8 Å². The fourth-order valence-electron chi connectivity index (χ4n) is 1.08. The number of carbonyl (C=O) groups excluding carboxylic acids is 1. The molecule has 0 bridgehead atoms. The maximum absolute atomic E-state index is 11.6. The van der Waals surface area contributed by atoms with Crippen LogP contribution in [0.15, 0.2) is 11.7 Å². The van der Waals surface area contributed by atoms with Crippen molar-refractivity contribution < 1.29 is 14.7 Å². The lowest BCUT2D eigenvalue weighted by atomic mass is 10.3. The van der Waals surface area contributed by atoms with Gasteiger partial charge in [-0.2, -0.15) is 0 Å². The molecule has 0 aliphatic rings. The topological polar surface area (TPSA) is 70.5 Å². The summed E-state index contributed by atoms with van der Waals surface area (Å²) in [4.78, 5) is 27.8. The SMILES string of the molecule is CN(CCCC(=O)O)C(=O)c1cncs1. The minimum absolute atomic E-state index is 0.0836. The summed E-state index contributed by atoms with van der Waals surface area (Å²) in [6.07, 6.45) is 2.07. The van der Waals surface area contributed by atoms with Crippen LogP contribution in [0, 0.1) is 0 Å². The van der Waals surface area contributed by atoms with Crippen LogP contribution in [0.25, 0.3) is 0 Å². The molecule has 0 fully saturated rings. The molecule has 82 valence electrons. The van der Waals surface area contributed by atoms with Gasteiger partial charge in [0, 0.05) is 20.0 Å². The largest absolute Gasteiger partial charge is 0.481 e. The van der Waals surface area contributed by atoms with E-state index in [-0.39, 0.29) is 12.3 Å². The normalized spacial score (nSPS) is 9.93. The molecule has 0 aliphatic carbocycles. The predicted octanol–water partition coefficient (Wildman–Crippen LogP) is 1.08. The van der Waals surface area contributed by atoms with E-state index >= 15 is 0 Å². The highest BCUT2D eigenvalue weighted by Gasteiger charge is 2.12. The highest BCUT2D eigenvalue weighted by Crippen LogP contribution is 2.09. The Morgan fingerprint density at radius 3 is 2.87 bits per heavy atom.